The van der Waals surface area contributed by atoms with E-state index in [1.807, 2.05) is 0 Å². The molecule has 2 rings (SSSR count). The van der Waals surface area contributed by atoms with Crippen LogP contribution in [0.1, 0.15) is 50.7 Å². The van der Waals surface area contributed by atoms with E-state index in [9.17, 15) is 4.79 Å². The summed E-state index contributed by atoms with van der Waals surface area (Å²) in [5.74, 6) is 0.782. The highest BCUT2D eigenvalue weighted by Crippen LogP contribution is 2.60. The van der Waals surface area contributed by atoms with Crippen molar-refractivity contribution in [1.29, 1.82) is 0 Å². The molecule has 2 atom stereocenters. The van der Waals surface area contributed by atoms with E-state index >= 15 is 0 Å². The molecule has 18 heavy (non-hydrogen) atoms. The van der Waals surface area contributed by atoms with Gasteiger partial charge in [0.2, 0.25) is 0 Å². The summed E-state index contributed by atoms with van der Waals surface area (Å²) in [5.41, 5.74) is 1.80. The van der Waals surface area contributed by atoms with Crippen LogP contribution >= 0.6 is 11.6 Å². The third kappa shape index (κ3) is 2.39. The van der Waals surface area contributed by atoms with Gasteiger partial charge in [-0.05, 0) is 17.0 Å². The molecule has 3 heteroatoms. The molecule has 0 saturated heterocycles. The molecule has 1 aromatic carbocycles. The van der Waals surface area contributed by atoms with Gasteiger partial charge < -0.3 is 4.74 Å². The van der Waals surface area contributed by atoms with Crippen LogP contribution in [0.15, 0.2) is 24.3 Å². The molecule has 0 spiro atoms. The highest BCUT2D eigenvalue weighted by atomic mass is 35.5. The zero-order valence-corrected chi connectivity index (χ0v) is 12.0. The normalized spacial score (nSPS) is 25.0. The first-order valence-electron chi connectivity index (χ1n) is 6.30. The van der Waals surface area contributed by atoms with Crippen LogP contribution in [-0.2, 0) is 4.74 Å². The molecule has 1 aliphatic carbocycles. The van der Waals surface area contributed by atoms with E-state index in [0.29, 0.717) is 5.92 Å². The number of ether oxygens (including phenoxy) is 1. The van der Waals surface area contributed by atoms with Gasteiger partial charge in [-0.3, -0.25) is 0 Å². The second-order valence-electron chi connectivity index (χ2n) is 5.90. The Morgan fingerprint density at radius 2 is 1.83 bits per heavy atom. The summed E-state index contributed by atoms with van der Waals surface area (Å²) in [6.07, 6.45) is -0.104. The maximum absolute atomic E-state index is 10.8. The SMILES string of the molecule is CC(C)c1ccc(C2C(OC(=O)Cl)C2(C)C)cc1. The van der Waals surface area contributed by atoms with Gasteiger partial charge in [0.1, 0.15) is 6.10 Å². The Morgan fingerprint density at radius 1 is 1.28 bits per heavy atom. The molecule has 2 nitrogen and oxygen atoms in total. The van der Waals surface area contributed by atoms with Gasteiger partial charge in [-0.15, -0.1) is 0 Å². The first-order valence-corrected chi connectivity index (χ1v) is 6.67. The molecule has 0 radical (unpaired) electrons. The number of rotatable bonds is 3. The van der Waals surface area contributed by atoms with Crippen LogP contribution in [0.2, 0.25) is 0 Å². The highest BCUT2D eigenvalue weighted by Gasteiger charge is 2.61. The molecular weight excluding hydrogens is 248 g/mol. The predicted molar refractivity (Wildman–Crippen MR) is 73.2 cm³/mol. The number of benzene rings is 1. The van der Waals surface area contributed by atoms with Crippen LogP contribution in [0.3, 0.4) is 0 Å². The van der Waals surface area contributed by atoms with Crippen LogP contribution in [0.25, 0.3) is 0 Å². The van der Waals surface area contributed by atoms with Gasteiger partial charge >= 0.3 is 5.43 Å². The van der Waals surface area contributed by atoms with Crippen LogP contribution < -0.4 is 0 Å². The third-order valence-corrected chi connectivity index (χ3v) is 4.00. The van der Waals surface area contributed by atoms with E-state index in [-0.39, 0.29) is 17.4 Å². The van der Waals surface area contributed by atoms with E-state index < -0.39 is 5.43 Å². The van der Waals surface area contributed by atoms with Gasteiger partial charge in [0.05, 0.1) is 0 Å². The number of halogens is 1. The number of hydrogen-bond acceptors (Lipinski definition) is 2. The van der Waals surface area contributed by atoms with Crippen molar-refractivity contribution in [2.45, 2.75) is 45.6 Å². The van der Waals surface area contributed by atoms with Crippen molar-refractivity contribution in [3.05, 3.63) is 35.4 Å². The minimum Gasteiger partial charge on any atom is -0.449 e. The lowest BCUT2D eigenvalue weighted by Gasteiger charge is -2.07. The average molecular weight is 267 g/mol. The van der Waals surface area contributed by atoms with Gasteiger partial charge in [-0.2, -0.15) is 0 Å². The van der Waals surface area contributed by atoms with Crippen LogP contribution in [0.5, 0.6) is 0 Å². The Bertz CT molecular complexity index is 448. The lowest BCUT2D eigenvalue weighted by molar-refractivity contribution is 0.150. The molecule has 1 aliphatic rings. The molecule has 1 aromatic rings. The molecule has 0 N–H and O–H groups in total. The van der Waals surface area contributed by atoms with Crippen molar-refractivity contribution in [2.75, 3.05) is 0 Å². The fraction of sp³-hybridized carbons (Fsp3) is 0.533. The summed E-state index contributed by atoms with van der Waals surface area (Å²) >= 11 is 5.30. The Morgan fingerprint density at radius 3 is 2.28 bits per heavy atom. The van der Waals surface area contributed by atoms with Crippen LogP contribution in [0.4, 0.5) is 4.79 Å². The van der Waals surface area contributed by atoms with Crippen LogP contribution in [-0.4, -0.2) is 11.5 Å². The largest absolute Gasteiger partial charge is 0.449 e. The summed E-state index contributed by atoms with van der Waals surface area (Å²) in [4.78, 5) is 10.8. The molecular formula is C15H19ClO2. The van der Waals surface area contributed by atoms with Crippen molar-refractivity contribution < 1.29 is 9.53 Å². The first kappa shape index (κ1) is 13.4. The van der Waals surface area contributed by atoms with Crippen molar-refractivity contribution in [3.8, 4) is 0 Å². The Hall–Kier alpha value is -1.02. The lowest BCUT2D eigenvalue weighted by atomic mass is 9.98. The fourth-order valence-electron chi connectivity index (χ4n) is 2.60. The number of carbonyl (C=O) groups excluding carboxylic acids is 1. The Labute approximate surface area is 113 Å². The van der Waals surface area contributed by atoms with Gasteiger partial charge in [-0.25, -0.2) is 4.79 Å². The zero-order chi connectivity index (χ0) is 13.5. The van der Waals surface area contributed by atoms with Crippen molar-refractivity contribution >= 4 is 17.0 Å². The maximum Gasteiger partial charge on any atom is 0.404 e. The minimum atomic E-state index is -0.714. The third-order valence-electron chi connectivity index (χ3n) is 3.91. The highest BCUT2D eigenvalue weighted by molar-refractivity contribution is 6.61. The van der Waals surface area contributed by atoms with Crippen molar-refractivity contribution in [3.63, 3.8) is 0 Å². The van der Waals surface area contributed by atoms with E-state index in [2.05, 4.69) is 52.0 Å². The van der Waals surface area contributed by atoms with E-state index in [1.165, 1.54) is 11.1 Å². The molecule has 0 heterocycles. The number of carbonyl (C=O) groups is 1. The summed E-state index contributed by atoms with van der Waals surface area (Å²) in [7, 11) is 0. The molecule has 0 amide bonds. The molecule has 1 saturated carbocycles. The monoisotopic (exact) mass is 266 g/mol. The van der Waals surface area contributed by atoms with E-state index in [0.717, 1.165) is 0 Å². The first-order chi connectivity index (χ1) is 8.34. The minimum absolute atomic E-state index is 0.0239. The van der Waals surface area contributed by atoms with Crippen LogP contribution in [0, 0.1) is 5.41 Å². The summed E-state index contributed by atoms with van der Waals surface area (Å²) in [6.45, 7) is 8.54. The standard InChI is InChI=1S/C15H19ClO2/c1-9(2)10-5-7-11(8-6-10)12-13(15(12,3)4)18-14(16)17/h5-9,12-13H,1-4H3. The molecule has 0 bridgehead atoms. The Kier molecular flexibility index (Phi) is 3.41. The van der Waals surface area contributed by atoms with E-state index in [1.54, 1.807) is 0 Å². The maximum atomic E-state index is 10.8. The van der Waals surface area contributed by atoms with Crippen molar-refractivity contribution in [2.24, 2.45) is 5.41 Å². The average Bonchev–Trinajstić information content (AvgIpc) is 2.79. The van der Waals surface area contributed by atoms with Gasteiger partial charge in [0, 0.05) is 22.9 Å². The second-order valence-corrected chi connectivity index (χ2v) is 6.21. The summed E-state index contributed by atoms with van der Waals surface area (Å²) in [6, 6.07) is 8.55. The summed E-state index contributed by atoms with van der Waals surface area (Å²) < 4.78 is 5.15. The molecule has 98 valence electrons. The molecule has 2 unspecified atom stereocenters. The zero-order valence-electron chi connectivity index (χ0n) is 11.2. The summed E-state index contributed by atoms with van der Waals surface area (Å²) in [5, 5.41) is 0. The smallest absolute Gasteiger partial charge is 0.404 e. The van der Waals surface area contributed by atoms with Gasteiger partial charge in [0.15, 0.2) is 0 Å². The quantitative estimate of drug-likeness (QED) is 0.743. The second kappa shape index (κ2) is 4.58. The van der Waals surface area contributed by atoms with Gasteiger partial charge in [-0.1, -0.05) is 52.0 Å². The van der Waals surface area contributed by atoms with Crippen molar-refractivity contribution in [1.82, 2.24) is 0 Å². The topological polar surface area (TPSA) is 26.3 Å². The van der Waals surface area contributed by atoms with Gasteiger partial charge in [0.25, 0.3) is 0 Å². The fourth-order valence-corrected chi connectivity index (χ4v) is 2.70. The van der Waals surface area contributed by atoms with E-state index in [4.69, 9.17) is 16.3 Å². The predicted octanol–water partition coefficient (Wildman–Crippen LogP) is 4.68. The molecule has 0 aromatic heterocycles. The number of hydrogen-bond donors (Lipinski definition) is 0. The molecule has 0 aliphatic heterocycles. The molecule has 1 fully saturated rings. The Balaban J connectivity index is 2.15. The lowest BCUT2D eigenvalue weighted by Crippen LogP contribution is -2.03.